The number of fused-ring (bicyclic) bond motifs is 1. The van der Waals surface area contributed by atoms with Gasteiger partial charge in [0.1, 0.15) is 11.4 Å². The third-order valence-electron chi connectivity index (χ3n) is 3.72. The highest BCUT2D eigenvalue weighted by atomic mass is 19.4. The predicted octanol–water partition coefficient (Wildman–Crippen LogP) is 3.58. The lowest BCUT2D eigenvalue weighted by atomic mass is 9.84. The molecule has 1 fully saturated rings. The first-order valence-corrected chi connectivity index (χ1v) is 6.54. The summed E-state index contributed by atoms with van der Waals surface area (Å²) in [4.78, 5) is 15.4. The third-order valence-corrected chi connectivity index (χ3v) is 3.72. The van der Waals surface area contributed by atoms with Gasteiger partial charge in [-0.05, 0) is 24.5 Å². The van der Waals surface area contributed by atoms with Gasteiger partial charge in [-0.2, -0.15) is 13.2 Å². The maximum absolute atomic E-state index is 12.6. The Bertz CT molecular complexity index is 660. The number of pyridine rings is 1. The average molecular weight is 282 g/mol. The highest BCUT2D eigenvalue weighted by molar-refractivity contribution is 5.86. The molecule has 0 bridgehead atoms. The normalized spacial score (nSPS) is 20.6. The molecule has 0 aromatic carbocycles. The number of halogens is 3. The number of nitrogens with zero attached hydrogens (tertiary/aromatic N) is 2. The van der Waals surface area contributed by atoms with Crippen molar-refractivity contribution in [2.45, 2.75) is 37.8 Å². The number of aromatic nitrogens is 2. The SMILES string of the molecule is O=C1CCCCC1c1ccc2nc(C(F)(F)F)cn2c1. The van der Waals surface area contributed by atoms with Crippen molar-refractivity contribution in [1.29, 1.82) is 0 Å². The summed E-state index contributed by atoms with van der Waals surface area (Å²) in [7, 11) is 0. The topological polar surface area (TPSA) is 34.4 Å². The summed E-state index contributed by atoms with van der Waals surface area (Å²) in [6, 6.07) is 3.24. The van der Waals surface area contributed by atoms with Crippen LogP contribution in [0.2, 0.25) is 0 Å². The van der Waals surface area contributed by atoms with Crippen LogP contribution in [0, 0.1) is 0 Å². The Hall–Kier alpha value is -1.85. The highest BCUT2D eigenvalue weighted by Crippen LogP contribution is 2.32. The van der Waals surface area contributed by atoms with Gasteiger partial charge in [0, 0.05) is 24.7 Å². The Morgan fingerprint density at radius 3 is 2.70 bits per heavy atom. The van der Waals surface area contributed by atoms with Gasteiger partial charge in [0.25, 0.3) is 0 Å². The highest BCUT2D eigenvalue weighted by Gasteiger charge is 2.34. The molecule has 1 unspecified atom stereocenters. The molecular formula is C14H13F3N2O. The Kier molecular flexibility index (Phi) is 3.03. The number of imidazole rings is 1. The second-order valence-corrected chi connectivity index (χ2v) is 5.12. The van der Waals surface area contributed by atoms with Crippen molar-refractivity contribution >= 4 is 11.4 Å². The summed E-state index contributed by atoms with van der Waals surface area (Å²) in [6.07, 6.45) is 1.31. The number of ketones is 1. The molecular weight excluding hydrogens is 269 g/mol. The fourth-order valence-electron chi connectivity index (χ4n) is 2.69. The van der Waals surface area contributed by atoms with E-state index < -0.39 is 11.9 Å². The standard InChI is InChI=1S/C14H13F3N2O/c15-14(16,17)12-8-19-7-9(5-6-13(19)18-12)10-3-1-2-4-11(10)20/h5-8,10H,1-4H2. The van der Waals surface area contributed by atoms with Crippen LogP contribution < -0.4 is 0 Å². The Morgan fingerprint density at radius 2 is 2.00 bits per heavy atom. The van der Waals surface area contributed by atoms with Crippen molar-refractivity contribution in [2.24, 2.45) is 0 Å². The van der Waals surface area contributed by atoms with Crippen LogP contribution in [0.25, 0.3) is 5.65 Å². The van der Waals surface area contributed by atoms with E-state index in [1.807, 2.05) is 0 Å². The van der Waals surface area contributed by atoms with E-state index in [1.54, 1.807) is 12.3 Å². The van der Waals surface area contributed by atoms with Crippen molar-refractivity contribution in [3.05, 3.63) is 35.8 Å². The van der Waals surface area contributed by atoms with Crippen molar-refractivity contribution in [3.8, 4) is 0 Å². The average Bonchev–Trinajstić information content (AvgIpc) is 2.82. The third kappa shape index (κ3) is 2.30. The number of Topliss-reactive ketones (excluding diaryl/α,β-unsaturated/α-hetero) is 1. The largest absolute Gasteiger partial charge is 0.434 e. The van der Waals surface area contributed by atoms with Crippen LogP contribution in [0.3, 0.4) is 0 Å². The first-order chi connectivity index (χ1) is 9.45. The quantitative estimate of drug-likeness (QED) is 0.801. The number of hydrogen-bond donors (Lipinski definition) is 0. The van der Waals surface area contributed by atoms with Crippen LogP contribution in [0.15, 0.2) is 24.5 Å². The Morgan fingerprint density at radius 1 is 1.20 bits per heavy atom. The van der Waals surface area contributed by atoms with Gasteiger partial charge in [-0.3, -0.25) is 4.79 Å². The minimum Gasteiger partial charge on any atom is -0.306 e. The zero-order valence-electron chi connectivity index (χ0n) is 10.7. The molecule has 0 aliphatic heterocycles. The summed E-state index contributed by atoms with van der Waals surface area (Å²) in [5, 5.41) is 0. The Labute approximate surface area is 113 Å². The van der Waals surface area contributed by atoms with Gasteiger partial charge in [0.2, 0.25) is 0 Å². The van der Waals surface area contributed by atoms with Crippen LogP contribution >= 0.6 is 0 Å². The van der Waals surface area contributed by atoms with E-state index in [4.69, 9.17) is 0 Å². The molecule has 1 saturated carbocycles. The fourth-order valence-corrected chi connectivity index (χ4v) is 2.69. The molecule has 2 heterocycles. The monoisotopic (exact) mass is 282 g/mol. The first-order valence-electron chi connectivity index (χ1n) is 6.54. The van der Waals surface area contributed by atoms with Gasteiger partial charge >= 0.3 is 6.18 Å². The van der Waals surface area contributed by atoms with E-state index in [-0.39, 0.29) is 17.3 Å². The Balaban J connectivity index is 2.00. The molecule has 6 heteroatoms. The molecule has 0 saturated heterocycles. The van der Waals surface area contributed by atoms with E-state index in [2.05, 4.69) is 4.98 Å². The lowest BCUT2D eigenvalue weighted by Gasteiger charge is -2.20. The second kappa shape index (κ2) is 4.61. The number of rotatable bonds is 1. The minimum absolute atomic E-state index is 0.173. The minimum atomic E-state index is -4.45. The zero-order chi connectivity index (χ0) is 14.3. The van der Waals surface area contributed by atoms with Crippen LogP contribution in [-0.2, 0) is 11.0 Å². The van der Waals surface area contributed by atoms with Gasteiger partial charge in [-0.25, -0.2) is 4.98 Å². The van der Waals surface area contributed by atoms with Gasteiger partial charge in [-0.15, -0.1) is 0 Å². The molecule has 0 radical (unpaired) electrons. The van der Waals surface area contributed by atoms with E-state index in [0.717, 1.165) is 31.0 Å². The van der Waals surface area contributed by atoms with Crippen molar-refractivity contribution in [2.75, 3.05) is 0 Å². The molecule has 3 rings (SSSR count). The maximum Gasteiger partial charge on any atom is 0.434 e. The van der Waals surface area contributed by atoms with Gasteiger partial charge in [0.15, 0.2) is 5.69 Å². The number of alkyl halides is 3. The lowest BCUT2D eigenvalue weighted by Crippen LogP contribution is -2.17. The summed E-state index contributed by atoms with van der Waals surface area (Å²) in [5.74, 6) is -0.0170. The summed E-state index contributed by atoms with van der Waals surface area (Å²) >= 11 is 0. The molecule has 106 valence electrons. The van der Waals surface area contributed by atoms with Crippen LogP contribution in [-0.4, -0.2) is 15.2 Å². The summed E-state index contributed by atoms with van der Waals surface area (Å²) in [6.45, 7) is 0. The molecule has 0 N–H and O–H groups in total. The van der Waals surface area contributed by atoms with Crippen molar-refractivity contribution < 1.29 is 18.0 Å². The number of carbonyl (C=O) groups is 1. The van der Waals surface area contributed by atoms with Crippen LogP contribution in [0.4, 0.5) is 13.2 Å². The fraction of sp³-hybridized carbons (Fsp3) is 0.429. The molecule has 1 aliphatic carbocycles. The predicted molar refractivity (Wildman–Crippen MR) is 66.4 cm³/mol. The molecule has 20 heavy (non-hydrogen) atoms. The smallest absolute Gasteiger partial charge is 0.306 e. The van der Waals surface area contributed by atoms with Crippen molar-refractivity contribution in [1.82, 2.24) is 9.38 Å². The van der Waals surface area contributed by atoms with Gasteiger partial charge < -0.3 is 4.40 Å². The molecule has 1 aliphatic rings. The van der Waals surface area contributed by atoms with E-state index >= 15 is 0 Å². The van der Waals surface area contributed by atoms with Gasteiger partial charge in [0.05, 0.1) is 0 Å². The summed E-state index contributed by atoms with van der Waals surface area (Å²) in [5.41, 5.74) is 0.0993. The molecule has 0 amide bonds. The van der Waals surface area contributed by atoms with Crippen LogP contribution in [0.1, 0.15) is 42.9 Å². The molecule has 3 nitrogen and oxygen atoms in total. The maximum atomic E-state index is 12.6. The van der Waals surface area contributed by atoms with Gasteiger partial charge in [-0.1, -0.05) is 12.5 Å². The second-order valence-electron chi connectivity index (χ2n) is 5.12. The summed E-state index contributed by atoms with van der Waals surface area (Å²) < 4.78 is 39.2. The van der Waals surface area contributed by atoms with E-state index in [9.17, 15) is 18.0 Å². The lowest BCUT2D eigenvalue weighted by molar-refractivity contribution is -0.140. The molecule has 1 atom stereocenters. The molecule has 2 aromatic rings. The van der Waals surface area contributed by atoms with Crippen LogP contribution in [0.5, 0.6) is 0 Å². The molecule has 2 aromatic heterocycles. The van der Waals surface area contributed by atoms with E-state index in [0.29, 0.717) is 6.42 Å². The zero-order valence-corrected chi connectivity index (χ0v) is 10.7. The van der Waals surface area contributed by atoms with E-state index in [1.165, 1.54) is 10.5 Å². The molecule has 0 spiro atoms. The number of carbonyl (C=O) groups excluding carboxylic acids is 1. The van der Waals surface area contributed by atoms with Crippen molar-refractivity contribution in [3.63, 3.8) is 0 Å². The first kappa shape index (κ1) is 13.1. The number of hydrogen-bond acceptors (Lipinski definition) is 2.